The number of hydrogen-bond acceptors (Lipinski definition) is 4. The molecule has 0 saturated carbocycles. The molecule has 0 bridgehead atoms. The predicted octanol–water partition coefficient (Wildman–Crippen LogP) is 3.04. The Balaban J connectivity index is 1.69. The van der Waals surface area contributed by atoms with Crippen LogP contribution in [0.2, 0.25) is 0 Å². The molecule has 0 radical (unpaired) electrons. The summed E-state index contributed by atoms with van der Waals surface area (Å²) in [5, 5.41) is 0. The molecule has 8 heteroatoms. The molecule has 2 aliphatic rings. The molecular weight excluding hydrogens is 438 g/mol. The normalized spacial score (nSPS) is 20.8. The average molecular weight is 478 g/mol. The average Bonchev–Trinajstić information content (AvgIpc) is 2.76. The van der Waals surface area contributed by atoms with Gasteiger partial charge in [0.15, 0.2) is 0 Å². The van der Waals surface area contributed by atoms with Gasteiger partial charge in [-0.05, 0) is 62.8 Å². The number of piperazine rings is 1. The molecule has 2 heterocycles. The van der Waals surface area contributed by atoms with Crippen molar-refractivity contribution in [2.24, 2.45) is 11.3 Å². The summed E-state index contributed by atoms with van der Waals surface area (Å²) < 4.78 is 28.5. The maximum Gasteiger partial charge on any atom is 0.243 e. The van der Waals surface area contributed by atoms with Crippen LogP contribution in [-0.4, -0.2) is 73.6 Å². The third-order valence-corrected chi connectivity index (χ3v) is 9.32. The zero-order valence-corrected chi connectivity index (χ0v) is 22.0. The Morgan fingerprint density at radius 1 is 0.879 bits per heavy atom. The number of amides is 2. The first kappa shape index (κ1) is 25.7. The van der Waals surface area contributed by atoms with Gasteiger partial charge in [0.25, 0.3) is 0 Å². The van der Waals surface area contributed by atoms with Crippen LogP contribution < -0.4 is 0 Å². The second kappa shape index (κ2) is 9.37. The lowest BCUT2D eigenvalue weighted by atomic mass is 9.90. The Kier molecular flexibility index (Phi) is 7.30. The van der Waals surface area contributed by atoms with E-state index in [0.717, 1.165) is 35.1 Å². The third-order valence-electron chi connectivity index (χ3n) is 7.14. The number of sulfonamides is 1. The first-order chi connectivity index (χ1) is 15.2. The highest BCUT2D eigenvalue weighted by Gasteiger charge is 2.37. The van der Waals surface area contributed by atoms with Gasteiger partial charge in [0, 0.05) is 44.7 Å². The van der Waals surface area contributed by atoms with Crippen molar-refractivity contribution in [3.8, 4) is 0 Å². The van der Waals surface area contributed by atoms with Gasteiger partial charge in [-0.3, -0.25) is 9.59 Å². The van der Waals surface area contributed by atoms with E-state index >= 15 is 0 Å². The summed E-state index contributed by atoms with van der Waals surface area (Å²) >= 11 is 0. The highest BCUT2D eigenvalue weighted by molar-refractivity contribution is 7.89. The maximum atomic E-state index is 13.5. The summed E-state index contributed by atoms with van der Waals surface area (Å²) in [5.74, 6) is -0.0931. The van der Waals surface area contributed by atoms with E-state index in [1.807, 2.05) is 59.4 Å². The Morgan fingerprint density at radius 2 is 1.42 bits per heavy atom. The predicted molar refractivity (Wildman–Crippen MR) is 129 cm³/mol. The summed E-state index contributed by atoms with van der Waals surface area (Å²) in [6.07, 6.45) is 1.59. The SMILES string of the molecule is Cc1cc(C)c(C)c(S(=O)(=O)N2CCN(C(=O)C3CCCN(C(=O)C(C)(C)C)C3)CC2)c1C. The van der Waals surface area contributed by atoms with Crippen LogP contribution in [0.4, 0.5) is 0 Å². The van der Waals surface area contributed by atoms with E-state index in [1.54, 1.807) is 4.90 Å². The van der Waals surface area contributed by atoms with E-state index in [4.69, 9.17) is 0 Å². The van der Waals surface area contributed by atoms with Crippen molar-refractivity contribution >= 4 is 21.8 Å². The fraction of sp³-hybridized carbons (Fsp3) is 0.680. The molecule has 3 rings (SSSR count). The zero-order chi connectivity index (χ0) is 24.7. The van der Waals surface area contributed by atoms with Gasteiger partial charge < -0.3 is 9.80 Å². The smallest absolute Gasteiger partial charge is 0.243 e. The van der Waals surface area contributed by atoms with Crippen molar-refractivity contribution in [2.45, 2.75) is 66.2 Å². The molecule has 0 aliphatic carbocycles. The van der Waals surface area contributed by atoms with E-state index < -0.39 is 15.4 Å². The number of carbonyl (C=O) groups is 2. The van der Waals surface area contributed by atoms with Gasteiger partial charge in [0.2, 0.25) is 21.8 Å². The lowest BCUT2D eigenvalue weighted by molar-refractivity contribution is -0.145. The molecule has 184 valence electrons. The van der Waals surface area contributed by atoms with Crippen molar-refractivity contribution in [2.75, 3.05) is 39.3 Å². The first-order valence-corrected chi connectivity index (χ1v) is 13.3. The van der Waals surface area contributed by atoms with Crippen LogP contribution in [0.5, 0.6) is 0 Å². The van der Waals surface area contributed by atoms with Crippen LogP contribution in [0.25, 0.3) is 0 Å². The van der Waals surface area contributed by atoms with Crippen LogP contribution in [-0.2, 0) is 19.6 Å². The molecule has 2 aliphatic heterocycles. The second-order valence-electron chi connectivity index (χ2n) is 10.7. The second-order valence-corrected chi connectivity index (χ2v) is 12.5. The largest absolute Gasteiger partial charge is 0.341 e. The highest BCUT2D eigenvalue weighted by atomic mass is 32.2. The number of carbonyl (C=O) groups excluding carboxylic acids is 2. The number of aryl methyl sites for hydroxylation is 2. The minimum Gasteiger partial charge on any atom is -0.341 e. The van der Waals surface area contributed by atoms with E-state index in [-0.39, 0.29) is 30.8 Å². The monoisotopic (exact) mass is 477 g/mol. The van der Waals surface area contributed by atoms with Crippen molar-refractivity contribution in [3.05, 3.63) is 28.3 Å². The Hall–Kier alpha value is -1.93. The molecule has 7 nitrogen and oxygen atoms in total. The Bertz CT molecular complexity index is 1010. The van der Waals surface area contributed by atoms with Gasteiger partial charge in [-0.15, -0.1) is 0 Å². The molecule has 0 N–H and O–H groups in total. The van der Waals surface area contributed by atoms with Crippen molar-refractivity contribution < 1.29 is 18.0 Å². The lowest BCUT2D eigenvalue weighted by Gasteiger charge is -2.40. The quantitative estimate of drug-likeness (QED) is 0.670. The summed E-state index contributed by atoms with van der Waals surface area (Å²) in [4.78, 5) is 29.9. The van der Waals surface area contributed by atoms with E-state index in [1.165, 1.54) is 4.31 Å². The standard InChI is InChI=1S/C25H39N3O4S/c1-17-15-18(2)20(4)22(19(17)3)33(31,32)28-13-11-26(12-14-28)23(29)21-9-8-10-27(16-21)24(30)25(5,6)7/h15,21H,8-14,16H2,1-7H3. The van der Waals surface area contributed by atoms with Gasteiger partial charge in [0.1, 0.15) is 0 Å². The minimum absolute atomic E-state index is 0.0391. The van der Waals surface area contributed by atoms with Crippen LogP contribution in [0.15, 0.2) is 11.0 Å². The fourth-order valence-electron chi connectivity index (χ4n) is 4.94. The number of likely N-dealkylation sites (tertiary alicyclic amines) is 1. The number of rotatable bonds is 3. The number of benzene rings is 1. The number of hydrogen-bond donors (Lipinski definition) is 0. The lowest BCUT2D eigenvalue weighted by Crippen LogP contribution is -2.54. The van der Waals surface area contributed by atoms with Gasteiger partial charge in [0.05, 0.1) is 10.8 Å². The zero-order valence-electron chi connectivity index (χ0n) is 21.2. The van der Waals surface area contributed by atoms with Crippen molar-refractivity contribution in [1.29, 1.82) is 0 Å². The molecular formula is C25H39N3O4S. The summed E-state index contributed by atoms with van der Waals surface area (Å²) in [7, 11) is -3.64. The van der Waals surface area contributed by atoms with Gasteiger partial charge in [-0.25, -0.2) is 8.42 Å². The molecule has 1 unspecified atom stereocenters. The highest BCUT2D eigenvalue weighted by Crippen LogP contribution is 2.30. The summed E-state index contributed by atoms with van der Waals surface area (Å²) in [6.45, 7) is 15.8. The summed E-state index contributed by atoms with van der Waals surface area (Å²) in [5.41, 5.74) is 3.06. The van der Waals surface area contributed by atoms with E-state index in [9.17, 15) is 18.0 Å². The molecule has 2 fully saturated rings. The third kappa shape index (κ3) is 5.11. The molecule has 0 spiro atoms. The number of piperidine rings is 1. The van der Waals surface area contributed by atoms with Crippen LogP contribution in [0, 0.1) is 39.0 Å². The van der Waals surface area contributed by atoms with E-state index in [0.29, 0.717) is 31.1 Å². The van der Waals surface area contributed by atoms with Crippen molar-refractivity contribution in [3.63, 3.8) is 0 Å². The fourth-order valence-corrected chi connectivity index (χ4v) is 6.94. The van der Waals surface area contributed by atoms with Gasteiger partial charge in [-0.2, -0.15) is 4.31 Å². The van der Waals surface area contributed by atoms with Crippen LogP contribution >= 0.6 is 0 Å². The van der Waals surface area contributed by atoms with Crippen LogP contribution in [0.3, 0.4) is 0 Å². The number of nitrogens with zero attached hydrogens (tertiary/aromatic N) is 3. The molecule has 1 atom stereocenters. The molecule has 1 aromatic carbocycles. The maximum absolute atomic E-state index is 13.5. The van der Waals surface area contributed by atoms with Crippen molar-refractivity contribution in [1.82, 2.24) is 14.1 Å². The van der Waals surface area contributed by atoms with E-state index in [2.05, 4.69) is 0 Å². The van der Waals surface area contributed by atoms with Crippen LogP contribution in [0.1, 0.15) is 55.9 Å². The van der Waals surface area contributed by atoms with Gasteiger partial charge in [-0.1, -0.05) is 26.8 Å². The molecule has 0 aromatic heterocycles. The minimum atomic E-state index is -3.64. The topological polar surface area (TPSA) is 78.0 Å². The molecule has 2 amide bonds. The summed E-state index contributed by atoms with van der Waals surface area (Å²) in [6, 6.07) is 2.03. The molecule has 2 saturated heterocycles. The first-order valence-electron chi connectivity index (χ1n) is 11.9. The Labute approximate surface area is 199 Å². The molecule has 1 aromatic rings. The Morgan fingerprint density at radius 3 is 1.94 bits per heavy atom. The van der Waals surface area contributed by atoms with Gasteiger partial charge >= 0.3 is 0 Å². The molecule has 33 heavy (non-hydrogen) atoms.